The maximum atomic E-state index is 4.40. The molecule has 2 rings (SSSR count). The average molecular weight is 168 g/mol. The Balaban J connectivity index is 2.15. The second-order valence-electron chi connectivity index (χ2n) is 3.16. The lowest BCUT2D eigenvalue weighted by atomic mass is 10.1. The molecule has 1 aliphatic rings. The van der Waals surface area contributed by atoms with E-state index < -0.39 is 0 Å². The molecule has 0 atom stereocenters. The van der Waals surface area contributed by atoms with Crippen molar-refractivity contribution in [2.45, 2.75) is 38.5 Å². The SMILES string of the molecule is Cc1nsc(C2CCCC2)n1. The van der Waals surface area contributed by atoms with Crippen molar-refractivity contribution < 1.29 is 0 Å². The summed E-state index contributed by atoms with van der Waals surface area (Å²) in [7, 11) is 0. The van der Waals surface area contributed by atoms with Gasteiger partial charge in [0.15, 0.2) is 0 Å². The quantitative estimate of drug-likeness (QED) is 0.644. The van der Waals surface area contributed by atoms with Crippen LogP contribution in [-0.2, 0) is 0 Å². The van der Waals surface area contributed by atoms with Crippen LogP contribution in [0.3, 0.4) is 0 Å². The van der Waals surface area contributed by atoms with Gasteiger partial charge < -0.3 is 0 Å². The number of hydrogen-bond acceptors (Lipinski definition) is 3. The van der Waals surface area contributed by atoms with E-state index in [0.29, 0.717) is 0 Å². The molecule has 0 N–H and O–H groups in total. The number of hydrogen-bond donors (Lipinski definition) is 0. The lowest BCUT2D eigenvalue weighted by Crippen LogP contribution is -1.90. The standard InChI is InChI=1S/C8H12N2S/c1-6-9-8(11-10-6)7-4-2-3-5-7/h7H,2-5H2,1H3. The van der Waals surface area contributed by atoms with Crippen molar-refractivity contribution >= 4 is 11.5 Å². The Hall–Kier alpha value is -0.440. The summed E-state index contributed by atoms with van der Waals surface area (Å²) in [6.07, 6.45) is 5.41. The van der Waals surface area contributed by atoms with Crippen molar-refractivity contribution in [2.75, 3.05) is 0 Å². The molecule has 0 aliphatic heterocycles. The monoisotopic (exact) mass is 168 g/mol. The Morgan fingerprint density at radius 3 is 2.64 bits per heavy atom. The van der Waals surface area contributed by atoms with Crippen LogP contribution in [0.15, 0.2) is 0 Å². The van der Waals surface area contributed by atoms with Crippen LogP contribution in [0.1, 0.15) is 42.4 Å². The van der Waals surface area contributed by atoms with E-state index in [4.69, 9.17) is 0 Å². The molecular formula is C8H12N2S. The first kappa shape index (κ1) is 7.22. The van der Waals surface area contributed by atoms with Crippen LogP contribution < -0.4 is 0 Å². The molecule has 0 saturated heterocycles. The van der Waals surface area contributed by atoms with E-state index in [1.54, 1.807) is 11.5 Å². The van der Waals surface area contributed by atoms with Gasteiger partial charge in [-0.05, 0) is 31.3 Å². The van der Waals surface area contributed by atoms with Crippen molar-refractivity contribution in [2.24, 2.45) is 0 Å². The molecule has 2 nitrogen and oxygen atoms in total. The fourth-order valence-electron chi connectivity index (χ4n) is 1.65. The van der Waals surface area contributed by atoms with Gasteiger partial charge in [0.2, 0.25) is 0 Å². The van der Waals surface area contributed by atoms with Crippen LogP contribution in [0, 0.1) is 6.92 Å². The van der Waals surface area contributed by atoms with Gasteiger partial charge in [0.1, 0.15) is 10.8 Å². The summed E-state index contributed by atoms with van der Waals surface area (Å²) in [5.74, 6) is 1.68. The van der Waals surface area contributed by atoms with E-state index in [2.05, 4.69) is 9.36 Å². The molecular weight excluding hydrogens is 156 g/mol. The molecule has 0 aromatic carbocycles. The first-order valence-corrected chi connectivity index (χ1v) is 4.94. The molecule has 0 radical (unpaired) electrons. The Morgan fingerprint density at radius 1 is 1.36 bits per heavy atom. The van der Waals surface area contributed by atoms with Crippen molar-refractivity contribution in [3.63, 3.8) is 0 Å². The Morgan fingerprint density at radius 2 is 2.09 bits per heavy atom. The zero-order valence-corrected chi connectivity index (χ0v) is 7.52. The van der Waals surface area contributed by atoms with Gasteiger partial charge in [-0.1, -0.05) is 12.8 Å². The predicted molar refractivity (Wildman–Crippen MR) is 45.9 cm³/mol. The first-order chi connectivity index (χ1) is 5.36. The van der Waals surface area contributed by atoms with E-state index in [0.717, 1.165) is 11.7 Å². The van der Waals surface area contributed by atoms with Crippen molar-refractivity contribution in [1.29, 1.82) is 0 Å². The predicted octanol–water partition coefficient (Wildman–Crippen LogP) is 2.50. The van der Waals surface area contributed by atoms with Crippen molar-refractivity contribution in [1.82, 2.24) is 9.36 Å². The highest BCUT2D eigenvalue weighted by atomic mass is 32.1. The molecule has 1 heterocycles. The summed E-state index contributed by atoms with van der Waals surface area (Å²) in [6, 6.07) is 0. The number of nitrogens with zero attached hydrogens (tertiary/aromatic N) is 2. The van der Waals surface area contributed by atoms with E-state index in [-0.39, 0.29) is 0 Å². The highest BCUT2D eigenvalue weighted by Crippen LogP contribution is 2.34. The Bertz CT molecular complexity index is 238. The number of rotatable bonds is 1. The first-order valence-electron chi connectivity index (χ1n) is 4.16. The van der Waals surface area contributed by atoms with Crippen LogP contribution in [0.4, 0.5) is 0 Å². The fraction of sp³-hybridized carbons (Fsp3) is 0.750. The highest BCUT2D eigenvalue weighted by molar-refractivity contribution is 7.05. The maximum Gasteiger partial charge on any atom is 0.139 e. The fourth-order valence-corrected chi connectivity index (χ4v) is 2.48. The molecule has 0 spiro atoms. The molecule has 1 aromatic heterocycles. The molecule has 0 unspecified atom stereocenters. The molecule has 1 aromatic rings. The van der Waals surface area contributed by atoms with Gasteiger partial charge in [-0.3, -0.25) is 0 Å². The van der Waals surface area contributed by atoms with Gasteiger partial charge in [-0.15, -0.1) is 0 Å². The second-order valence-corrected chi connectivity index (χ2v) is 3.94. The average Bonchev–Trinajstić information content (AvgIpc) is 2.55. The van der Waals surface area contributed by atoms with E-state index in [9.17, 15) is 0 Å². The molecule has 60 valence electrons. The zero-order chi connectivity index (χ0) is 7.68. The van der Waals surface area contributed by atoms with Crippen molar-refractivity contribution in [3.8, 4) is 0 Å². The summed E-state index contributed by atoms with van der Waals surface area (Å²) in [5.41, 5.74) is 0. The summed E-state index contributed by atoms with van der Waals surface area (Å²) in [4.78, 5) is 4.40. The smallest absolute Gasteiger partial charge is 0.139 e. The van der Waals surface area contributed by atoms with Crippen LogP contribution in [0.2, 0.25) is 0 Å². The van der Waals surface area contributed by atoms with Gasteiger partial charge in [-0.2, -0.15) is 4.37 Å². The van der Waals surface area contributed by atoms with Gasteiger partial charge >= 0.3 is 0 Å². The molecule has 1 fully saturated rings. The van der Waals surface area contributed by atoms with Gasteiger partial charge in [0.05, 0.1) is 0 Å². The second kappa shape index (κ2) is 2.89. The third-order valence-electron chi connectivity index (χ3n) is 2.25. The minimum atomic E-state index is 0.737. The van der Waals surface area contributed by atoms with Crippen LogP contribution in [0.25, 0.3) is 0 Å². The van der Waals surface area contributed by atoms with Crippen LogP contribution >= 0.6 is 11.5 Å². The minimum absolute atomic E-state index is 0.737. The summed E-state index contributed by atoms with van der Waals surface area (Å²) >= 11 is 1.59. The normalized spacial score (nSPS) is 19.4. The third-order valence-corrected chi connectivity index (χ3v) is 3.21. The summed E-state index contributed by atoms with van der Waals surface area (Å²) in [5, 5.41) is 1.26. The third kappa shape index (κ3) is 1.43. The van der Waals surface area contributed by atoms with E-state index >= 15 is 0 Å². The van der Waals surface area contributed by atoms with Gasteiger partial charge in [-0.25, -0.2) is 4.98 Å². The van der Waals surface area contributed by atoms with Crippen LogP contribution in [0.5, 0.6) is 0 Å². The highest BCUT2D eigenvalue weighted by Gasteiger charge is 2.19. The summed E-state index contributed by atoms with van der Waals surface area (Å²) < 4.78 is 4.19. The van der Waals surface area contributed by atoms with Crippen LogP contribution in [-0.4, -0.2) is 9.36 Å². The Labute approximate surface area is 70.8 Å². The minimum Gasteiger partial charge on any atom is -0.225 e. The van der Waals surface area contributed by atoms with E-state index in [1.165, 1.54) is 30.7 Å². The largest absolute Gasteiger partial charge is 0.225 e. The number of aryl methyl sites for hydroxylation is 1. The Kier molecular flexibility index (Phi) is 1.90. The topological polar surface area (TPSA) is 25.8 Å². The molecule has 11 heavy (non-hydrogen) atoms. The molecule has 1 saturated carbocycles. The lowest BCUT2D eigenvalue weighted by molar-refractivity contribution is 0.714. The zero-order valence-electron chi connectivity index (χ0n) is 6.71. The van der Waals surface area contributed by atoms with Gasteiger partial charge in [0.25, 0.3) is 0 Å². The summed E-state index contributed by atoms with van der Waals surface area (Å²) in [6.45, 7) is 1.97. The lowest BCUT2D eigenvalue weighted by Gasteiger charge is -2.00. The number of aromatic nitrogens is 2. The van der Waals surface area contributed by atoms with Crippen molar-refractivity contribution in [3.05, 3.63) is 10.8 Å². The maximum absolute atomic E-state index is 4.40. The molecule has 1 aliphatic carbocycles. The molecule has 3 heteroatoms. The van der Waals surface area contributed by atoms with Gasteiger partial charge in [0, 0.05) is 5.92 Å². The van der Waals surface area contributed by atoms with E-state index in [1.807, 2.05) is 6.92 Å². The molecule has 0 bridgehead atoms. The molecule has 0 amide bonds.